The quantitative estimate of drug-likeness (QED) is 0.861. The van der Waals surface area contributed by atoms with Gasteiger partial charge in [-0.3, -0.25) is 4.79 Å². The van der Waals surface area contributed by atoms with Gasteiger partial charge in [-0.1, -0.05) is 30.3 Å². The molecule has 0 saturated heterocycles. The van der Waals surface area contributed by atoms with Gasteiger partial charge in [0.25, 0.3) is 5.91 Å². The van der Waals surface area contributed by atoms with Crippen molar-refractivity contribution in [1.29, 1.82) is 0 Å². The van der Waals surface area contributed by atoms with Gasteiger partial charge in [0.2, 0.25) is 0 Å². The summed E-state index contributed by atoms with van der Waals surface area (Å²) in [6.45, 7) is 3.75. The molecule has 1 N–H and O–H groups in total. The van der Waals surface area contributed by atoms with Gasteiger partial charge < -0.3 is 5.32 Å². The van der Waals surface area contributed by atoms with Crippen molar-refractivity contribution in [2.45, 2.75) is 26.3 Å². The summed E-state index contributed by atoms with van der Waals surface area (Å²) in [7, 11) is 0. The Bertz CT molecular complexity index is 583. The number of amides is 1. The monoisotopic (exact) mass is 308 g/mol. The Kier molecular flexibility index (Phi) is 5.15. The van der Waals surface area contributed by atoms with Crippen LogP contribution in [0.15, 0.2) is 30.3 Å². The van der Waals surface area contributed by atoms with Crippen LogP contribution in [0.3, 0.4) is 0 Å². The van der Waals surface area contributed by atoms with Gasteiger partial charge in [-0.25, -0.2) is 4.98 Å². The van der Waals surface area contributed by atoms with Crippen LogP contribution in [0.2, 0.25) is 0 Å². The number of alkyl halides is 1. The van der Waals surface area contributed by atoms with Crippen molar-refractivity contribution < 1.29 is 4.79 Å². The zero-order valence-corrected chi connectivity index (χ0v) is 13.1. The van der Waals surface area contributed by atoms with Gasteiger partial charge in [-0.05, 0) is 25.8 Å². The fourth-order valence-corrected chi connectivity index (χ4v) is 3.04. The summed E-state index contributed by atoms with van der Waals surface area (Å²) in [6.07, 6.45) is 0.729. The molecule has 3 nitrogen and oxygen atoms in total. The lowest BCUT2D eigenvalue weighted by molar-refractivity contribution is 0.0944. The van der Waals surface area contributed by atoms with E-state index < -0.39 is 0 Å². The predicted molar refractivity (Wildman–Crippen MR) is 83.7 cm³/mol. The Balaban J connectivity index is 2.03. The Morgan fingerprint density at radius 2 is 2.05 bits per heavy atom. The first-order chi connectivity index (χ1) is 9.60. The van der Waals surface area contributed by atoms with Crippen LogP contribution in [0.25, 0.3) is 0 Å². The largest absolute Gasteiger partial charge is 0.347 e. The zero-order chi connectivity index (χ0) is 14.5. The van der Waals surface area contributed by atoms with Crippen LogP contribution in [-0.4, -0.2) is 22.8 Å². The average Bonchev–Trinajstić information content (AvgIpc) is 2.78. The number of aryl methyl sites for hydroxylation is 2. The van der Waals surface area contributed by atoms with Crippen molar-refractivity contribution >= 4 is 28.8 Å². The van der Waals surface area contributed by atoms with E-state index in [1.165, 1.54) is 11.3 Å². The molecule has 0 radical (unpaired) electrons. The molecule has 0 aliphatic heterocycles. The van der Waals surface area contributed by atoms with E-state index in [4.69, 9.17) is 11.6 Å². The van der Waals surface area contributed by atoms with E-state index in [-0.39, 0.29) is 11.9 Å². The first-order valence-corrected chi connectivity index (χ1v) is 7.80. The third-order valence-electron chi connectivity index (χ3n) is 2.96. The summed E-state index contributed by atoms with van der Waals surface area (Å²) >= 11 is 7.38. The van der Waals surface area contributed by atoms with E-state index in [2.05, 4.69) is 10.3 Å². The predicted octanol–water partition coefficient (Wildman–Crippen LogP) is 3.34. The molecule has 1 atom stereocenters. The zero-order valence-electron chi connectivity index (χ0n) is 11.5. The number of nitrogens with one attached hydrogen (secondary N) is 1. The molecule has 0 aliphatic rings. The van der Waals surface area contributed by atoms with Crippen LogP contribution in [0.1, 0.15) is 25.9 Å². The number of halogens is 1. The first kappa shape index (κ1) is 15.0. The molecule has 0 fully saturated rings. The van der Waals surface area contributed by atoms with Gasteiger partial charge in [0.15, 0.2) is 0 Å². The van der Waals surface area contributed by atoms with Crippen molar-refractivity contribution in [3.63, 3.8) is 0 Å². The van der Waals surface area contributed by atoms with Crippen molar-refractivity contribution in [3.8, 4) is 0 Å². The number of hydrogen-bond acceptors (Lipinski definition) is 3. The Morgan fingerprint density at radius 1 is 1.35 bits per heavy atom. The van der Waals surface area contributed by atoms with E-state index in [9.17, 15) is 4.79 Å². The number of rotatable bonds is 5. The summed E-state index contributed by atoms with van der Waals surface area (Å²) in [5.74, 6) is 0.298. The number of thiazole rings is 1. The highest BCUT2D eigenvalue weighted by atomic mass is 35.5. The molecule has 0 spiro atoms. The summed E-state index contributed by atoms with van der Waals surface area (Å²) < 4.78 is 0. The molecular weight excluding hydrogens is 292 g/mol. The summed E-state index contributed by atoms with van der Waals surface area (Å²) in [5, 5.41) is 3.89. The highest BCUT2D eigenvalue weighted by molar-refractivity contribution is 7.13. The van der Waals surface area contributed by atoms with Crippen molar-refractivity contribution in [1.82, 2.24) is 10.3 Å². The third-order valence-corrected chi connectivity index (χ3v) is 4.40. The lowest BCUT2D eigenvalue weighted by Crippen LogP contribution is -2.37. The number of aromatic nitrogens is 1. The molecular formula is C15H17ClN2OS. The molecule has 5 heteroatoms. The van der Waals surface area contributed by atoms with E-state index in [0.29, 0.717) is 10.8 Å². The van der Waals surface area contributed by atoms with E-state index in [1.54, 1.807) is 0 Å². The summed E-state index contributed by atoms with van der Waals surface area (Å²) in [5.41, 5.74) is 1.94. The minimum atomic E-state index is -0.0883. The van der Waals surface area contributed by atoms with Crippen LogP contribution >= 0.6 is 22.9 Å². The molecule has 0 aliphatic carbocycles. The van der Waals surface area contributed by atoms with Crippen LogP contribution in [0.4, 0.5) is 0 Å². The van der Waals surface area contributed by atoms with Gasteiger partial charge in [0, 0.05) is 11.9 Å². The second kappa shape index (κ2) is 6.86. The van der Waals surface area contributed by atoms with E-state index in [1.807, 2.05) is 44.2 Å². The Labute approximate surface area is 128 Å². The lowest BCUT2D eigenvalue weighted by Gasteiger charge is -2.15. The molecule has 1 amide bonds. The Hall–Kier alpha value is -1.39. The van der Waals surface area contributed by atoms with E-state index in [0.717, 1.165) is 22.7 Å². The molecule has 0 saturated carbocycles. The fourth-order valence-electron chi connectivity index (χ4n) is 2.04. The van der Waals surface area contributed by atoms with Crippen LogP contribution in [-0.2, 0) is 6.42 Å². The first-order valence-electron chi connectivity index (χ1n) is 6.45. The molecule has 1 aromatic carbocycles. The lowest BCUT2D eigenvalue weighted by atomic mass is 10.1. The molecule has 2 rings (SSSR count). The minimum Gasteiger partial charge on any atom is -0.347 e. The normalized spacial score (nSPS) is 12.2. The van der Waals surface area contributed by atoms with Crippen molar-refractivity contribution in [2.24, 2.45) is 0 Å². The molecule has 1 heterocycles. The number of benzene rings is 1. The highest BCUT2D eigenvalue weighted by Crippen LogP contribution is 2.17. The summed E-state index contributed by atoms with van der Waals surface area (Å²) in [4.78, 5) is 17.2. The third kappa shape index (κ3) is 3.81. The second-order valence-electron chi connectivity index (χ2n) is 4.66. The van der Waals surface area contributed by atoms with Crippen molar-refractivity contribution in [3.05, 3.63) is 51.5 Å². The van der Waals surface area contributed by atoms with Crippen LogP contribution in [0.5, 0.6) is 0 Å². The molecule has 1 aromatic heterocycles. The molecule has 106 valence electrons. The van der Waals surface area contributed by atoms with Gasteiger partial charge in [-0.2, -0.15) is 0 Å². The van der Waals surface area contributed by atoms with Gasteiger partial charge in [0.1, 0.15) is 4.88 Å². The molecule has 0 bridgehead atoms. The van der Waals surface area contributed by atoms with Gasteiger partial charge in [-0.15, -0.1) is 22.9 Å². The van der Waals surface area contributed by atoms with Gasteiger partial charge >= 0.3 is 0 Å². The standard InChI is InChI=1S/C15H17ClN2OS/c1-10-14(20-11(2)17-10)15(19)18-13(9-16)8-12-6-4-3-5-7-12/h3-7,13H,8-9H2,1-2H3,(H,18,19). The molecule has 2 aromatic rings. The maximum Gasteiger partial charge on any atom is 0.263 e. The average molecular weight is 309 g/mol. The number of hydrogen-bond donors (Lipinski definition) is 1. The second-order valence-corrected chi connectivity index (χ2v) is 6.17. The minimum absolute atomic E-state index is 0.0756. The number of carbonyl (C=O) groups is 1. The molecule has 1 unspecified atom stereocenters. The maximum absolute atomic E-state index is 12.2. The smallest absolute Gasteiger partial charge is 0.263 e. The summed E-state index contributed by atoms with van der Waals surface area (Å²) in [6, 6.07) is 9.94. The highest BCUT2D eigenvalue weighted by Gasteiger charge is 2.17. The topological polar surface area (TPSA) is 42.0 Å². The van der Waals surface area contributed by atoms with Gasteiger partial charge in [0.05, 0.1) is 10.7 Å². The maximum atomic E-state index is 12.2. The van der Waals surface area contributed by atoms with Crippen LogP contribution < -0.4 is 5.32 Å². The Morgan fingerprint density at radius 3 is 2.60 bits per heavy atom. The van der Waals surface area contributed by atoms with Crippen molar-refractivity contribution in [2.75, 3.05) is 5.88 Å². The number of nitrogens with zero attached hydrogens (tertiary/aromatic N) is 1. The molecule has 20 heavy (non-hydrogen) atoms. The van der Waals surface area contributed by atoms with Crippen LogP contribution in [0, 0.1) is 13.8 Å². The fraction of sp³-hybridized carbons (Fsp3) is 0.333. The number of carbonyl (C=O) groups excluding carboxylic acids is 1. The van der Waals surface area contributed by atoms with E-state index >= 15 is 0 Å². The SMILES string of the molecule is Cc1nc(C)c(C(=O)NC(CCl)Cc2ccccc2)s1.